The molecule has 0 fully saturated rings. The van der Waals surface area contributed by atoms with Crippen LogP contribution in [0.15, 0.2) is 11.4 Å². The lowest BCUT2D eigenvalue weighted by Gasteiger charge is -2.01. The van der Waals surface area contributed by atoms with Crippen LogP contribution in [-0.2, 0) is 6.42 Å². The minimum atomic E-state index is -0.142. The van der Waals surface area contributed by atoms with Crippen LogP contribution in [0.1, 0.15) is 43.4 Å². The van der Waals surface area contributed by atoms with Crippen LogP contribution in [0.5, 0.6) is 0 Å². The number of aryl methyl sites for hydroxylation is 5. The molecular weight excluding hydrogens is 408 g/mol. The monoisotopic (exact) mass is 428 g/mol. The first-order chi connectivity index (χ1) is 13.4. The van der Waals surface area contributed by atoms with E-state index in [4.69, 9.17) is 0 Å². The summed E-state index contributed by atoms with van der Waals surface area (Å²) in [6, 6.07) is 2.14. The number of hydrogen-bond acceptors (Lipinski definition) is 7. The zero-order valence-corrected chi connectivity index (χ0v) is 18.8. The smallest absolute Gasteiger partial charge is 0.267 e. The molecule has 144 valence electrons. The topological polar surface area (TPSA) is 67.8 Å². The van der Waals surface area contributed by atoms with Gasteiger partial charge in [0.2, 0.25) is 0 Å². The summed E-state index contributed by atoms with van der Waals surface area (Å²) in [4.78, 5) is 30.7. The highest BCUT2D eigenvalue weighted by Crippen LogP contribution is 2.34. The molecule has 0 aliphatic rings. The Hall–Kier alpha value is -2.16. The molecule has 0 atom stereocenters. The van der Waals surface area contributed by atoms with Gasteiger partial charge in [0.15, 0.2) is 5.13 Å². The van der Waals surface area contributed by atoms with E-state index in [2.05, 4.69) is 40.2 Å². The Kier molecular flexibility index (Phi) is 5.03. The molecule has 1 amide bonds. The number of thiazole rings is 1. The fourth-order valence-electron chi connectivity index (χ4n) is 3.26. The number of thiophene rings is 2. The highest BCUT2D eigenvalue weighted by atomic mass is 32.1. The average Bonchev–Trinajstić information content (AvgIpc) is 3.32. The minimum Gasteiger partial charge on any atom is -0.297 e. The SMILES string of the molecule is CCc1nc(C)c2c(C)c(C(=O)Nc3nc(-c4cc(C)sc4C)cs3)sc2n1. The Labute approximate surface area is 175 Å². The Morgan fingerprint density at radius 1 is 1.11 bits per heavy atom. The van der Waals surface area contributed by atoms with E-state index in [-0.39, 0.29) is 5.91 Å². The molecule has 0 aliphatic carbocycles. The number of nitrogens with one attached hydrogen (secondary N) is 1. The molecule has 4 heterocycles. The predicted molar refractivity (Wildman–Crippen MR) is 119 cm³/mol. The van der Waals surface area contributed by atoms with Crippen molar-refractivity contribution in [1.29, 1.82) is 0 Å². The number of carbonyl (C=O) groups is 1. The highest BCUT2D eigenvalue weighted by Gasteiger charge is 2.20. The summed E-state index contributed by atoms with van der Waals surface area (Å²) in [5.41, 5.74) is 3.90. The normalized spacial score (nSPS) is 11.3. The van der Waals surface area contributed by atoms with E-state index >= 15 is 0 Å². The molecule has 5 nitrogen and oxygen atoms in total. The summed E-state index contributed by atoms with van der Waals surface area (Å²) in [5, 5.41) is 6.54. The fraction of sp³-hybridized carbons (Fsp3) is 0.300. The lowest BCUT2D eigenvalue weighted by Crippen LogP contribution is -2.11. The van der Waals surface area contributed by atoms with Crippen molar-refractivity contribution in [2.24, 2.45) is 0 Å². The van der Waals surface area contributed by atoms with Crippen LogP contribution in [-0.4, -0.2) is 20.9 Å². The van der Waals surface area contributed by atoms with Gasteiger partial charge in [0.25, 0.3) is 5.91 Å². The first-order valence-electron chi connectivity index (χ1n) is 8.98. The zero-order chi connectivity index (χ0) is 20.0. The third-order valence-corrected chi connectivity index (χ3v) is 7.49. The zero-order valence-electron chi connectivity index (χ0n) is 16.3. The first kappa shape index (κ1) is 19.2. The van der Waals surface area contributed by atoms with Crippen molar-refractivity contribution in [3.63, 3.8) is 0 Å². The van der Waals surface area contributed by atoms with E-state index in [9.17, 15) is 4.79 Å². The van der Waals surface area contributed by atoms with E-state index in [1.54, 1.807) is 11.3 Å². The Bertz CT molecular complexity index is 1200. The van der Waals surface area contributed by atoms with Gasteiger partial charge in [-0.2, -0.15) is 0 Å². The summed E-state index contributed by atoms with van der Waals surface area (Å²) in [7, 11) is 0. The van der Waals surface area contributed by atoms with E-state index in [0.717, 1.165) is 45.0 Å². The number of rotatable bonds is 4. The second-order valence-corrected chi connectivity index (χ2v) is 9.95. The Morgan fingerprint density at radius 2 is 1.89 bits per heavy atom. The number of amides is 1. The number of hydrogen-bond donors (Lipinski definition) is 1. The molecule has 4 rings (SSSR count). The molecule has 0 aromatic carbocycles. The number of aromatic nitrogens is 3. The third-order valence-electron chi connectivity index (χ3n) is 4.58. The summed E-state index contributed by atoms with van der Waals surface area (Å²) in [6.45, 7) is 10.2. The molecule has 4 aromatic rings. The van der Waals surface area contributed by atoms with Crippen molar-refractivity contribution in [2.75, 3.05) is 5.32 Å². The third kappa shape index (κ3) is 3.36. The van der Waals surface area contributed by atoms with Gasteiger partial charge in [0.05, 0.1) is 10.6 Å². The van der Waals surface area contributed by atoms with Gasteiger partial charge in [-0.3, -0.25) is 10.1 Å². The Balaban J connectivity index is 1.63. The maximum absolute atomic E-state index is 12.9. The molecule has 8 heteroatoms. The van der Waals surface area contributed by atoms with Gasteiger partial charge in [-0.05, 0) is 39.3 Å². The molecule has 0 bridgehead atoms. The fourth-order valence-corrected chi connectivity index (χ4v) is 6.05. The van der Waals surface area contributed by atoms with Gasteiger partial charge in [0.1, 0.15) is 10.7 Å². The molecule has 0 unspecified atom stereocenters. The van der Waals surface area contributed by atoms with Gasteiger partial charge in [-0.25, -0.2) is 15.0 Å². The molecular formula is C20H20N4OS3. The second-order valence-electron chi connectivity index (χ2n) is 6.63. The lowest BCUT2D eigenvalue weighted by atomic mass is 10.1. The van der Waals surface area contributed by atoms with Crippen LogP contribution in [0.25, 0.3) is 21.5 Å². The van der Waals surface area contributed by atoms with E-state index < -0.39 is 0 Å². The summed E-state index contributed by atoms with van der Waals surface area (Å²) in [5.74, 6) is 0.668. The molecule has 1 N–H and O–H groups in total. The molecule has 0 spiro atoms. The number of fused-ring (bicyclic) bond motifs is 1. The maximum Gasteiger partial charge on any atom is 0.267 e. The molecule has 0 saturated carbocycles. The van der Waals surface area contributed by atoms with Gasteiger partial charge >= 0.3 is 0 Å². The standard InChI is InChI=1S/C20H20N4OS3/c1-6-15-21-11(4)16-10(3)17(28-19(16)23-15)18(25)24-20-22-14(8-26-20)13-7-9(2)27-12(13)5/h7-8H,6H2,1-5H3,(H,22,24,25). The second kappa shape index (κ2) is 7.35. The quantitative estimate of drug-likeness (QED) is 0.438. The predicted octanol–water partition coefficient (Wildman–Crippen LogP) is 5.92. The minimum absolute atomic E-state index is 0.142. The van der Waals surface area contributed by atoms with Crippen molar-refractivity contribution in [3.8, 4) is 11.3 Å². The van der Waals surface area contributed by atoms with Gasteiger partial charge in [-0.1, -0.05) is 6.92 Å². The number of nitrogens with zero attached hydrogens (tertiary/aromatic N) is 3. The lowest BCUT2D eigenvalue weighted by molar-refractivity contribution is 0.103. The maximum atomic E-state index is 12.9. The van der Waals surface area contributed by atoms with Gasteiger partial charge in [0, 0.05) is 38.2 Å². The van der Waals surface area contributed by atoms with E-state index in [0.29, 0.717) is 10.0 Å². The van der Waals surface area contributed by atoms with Crippen LogP contribution in [0.4, 0.5) is 5.13 Å². The van der Waals surface area contributed by atoms with E-state index in [1.807, 2.05) is 26.2 Å². The molecule has 0 saturated heterocycles. The van der Waals surface area contributed by atoms with Gasteiger partial charge < -0.3 is 0 Å². The number of carbonyl (C=O) groups excluding carboxylic acids is 1. The average molecular weight is 429 g/mol. The van der Waals surface area contributed by atoms with Gasteiger partial charge in [-0.15, -0.1) is 34.0 Å². The highest BCUT2D eigenvalue weighted by molar-refractivity contribution is 7.21. The van der Waals surface area contributed by atoms with Crippen LogP contribution in [0, 0.1) is 27.7 Å². The molecule has 28 heavy (non-hydrogen) atoms. The van der Waals surface area contributed by atoms with Crippen molar-refractivity contribution >= 4 is 55.3 Å². The van der Waals surface area contributed by atoms with Crippen LogP contribution >= 0.6 is 34.0 Å². The largest absolute Gasteiger partial charge is 0.297 e. The summed E-state index contributed by atoms with van der Waals surface area (Å²) >= 11 is 4.62. The summed E-state index contributed by atoms with van der Waals surface area (Å²) < 4.78 is 0. The number of anilines is 1. The van der Waals surface area contributed by atoms with Crippen molar-refractivity contribution < 1.29 is 4.79 Å². The van der Waals surface area contributed by atoms with Crippen LogP contribution in [0.2, 0.25) is 0 Å². The van der Waals surface area contributed by atoms with Crippen LogP contribution in [0.3, 0.4) is 0 Å². The summed E-state index contributed by atoms with van der Waals surface area (Å²) in [6.07, 6.45) is 0.776. The van der Waals surface area contributed by atoms with Crippen LogP contribution < -0.4 is 5.32 Å². The van der Waals surface area contributed by atoms with Crippen molar-refractivity contribution in [2.45, 2.75) is 41.0 Å². The molecule has 0 radical (unpaired) electrons. The molecule has 0 aliphatic heterocycles. The first-order valence-corrected chi connectivity index (χ1v) is 11.5. The van der Waals surface area contributed by atoms with E-state index in [1.165, 1.54) is 32.4 Å². The van der Waals surface area contributed by atoms with Crippen molar-refractivity contribution in [3.05, 3.63) is 43.2 Å². The van der Waals surface area contributed by atoms with Crippen molar-refractivity contribution in [1.82, 2.24) is 15.0 Å². The Morgan fingerprint density at radius 3 is 2.57 bits per heavy atom. The molecule has 4 aromatic heterocycles.